The Hall–Kier alpha value is -2.63. The van der Waals surface area contributed by atoms with Gasteiger partial charge in [0.25, 0.3) is 0 Å². The molecule has 0 heterocycles. The van der Waals surface area contributed by atoms with Gasteiger partial charge in [0.05, 0.1) is 14.2 Å². The summed E-state index contributed by atoms with van der Waals surface area (Å²) in [6.45, 7) is 3.33. The van der Waals surface area contributed by atoms with Crippen molar-refractivity contribution in [1.29, 1.82) is 0 Å². The summed E-state index contributed by atoms with van der Waals surface area (Å²) in [5.41, 5.74) is 0.396. The van der Waals surface area contributed by atoms with Gasteiger partial charge in [0.15, 0.2) is 5.41 Å². The predicted molar refractivity (Wildman–Crippen MR) is 91.7 cm³/mol. The van der Waals surface area contributed by atoms with Crippen LogP contribution in [0.15, 0.2) is 36.4 Å². The summed E-state index contributed by atoms with van der Waals surface area (Å²) in [7, 11) is 2.47. The molecule has 0 aromatic heterocycles. The first-order valence-electron chi connectivity index (χ1n) is 7.86. The van der Waals surface area contributed by atoms with Gasteiger partial charge in [0.2, 0.25) is 0 Å². The van der Waals surface area contributed by atoms with E-state index in [1.165, 1.54) is 21.1 Å². The van der Waals surface area contributed by atoms with Gasteiger partial charge in [-0.3, -0.25) is 14.4 Å². The summed E-state index contributed by atoms with van der Waals surface area (Å²) in [6, 6.07) is 7.54. The van der Waals surface area contributed by atoms with Gasteiger partial charge in [-0.2, -0.15) is 0 Å². The van der Waals surface area contributed by atoms with Crippen LogP contribution in [0.1, 0.15) is 24.5 Å². The van der Waals surface area contributed by atoms with Crippen LogP contribution in [0.4, 0.5) is 0 Å². The average molecular weight is 348 g/mol. The van der Waals surface area contributed by atoms with Crippen molar-refractivity contribution < 1.29 is 28.6 Å². The fraction of sp³-hybridized carbons (Fsp3) is 0.421. The second kappa shape index (κ2) is 9.61. The number of hydrogen-bond acceptors (Lipinski definition) is 6. The van der Waals surface area contributed by atoms with Crippen molar-refractivity contribution in [2.24, 2.45) is 5.41 Å². The molecule has 0 N–H and O–H groups in total. The molecule has 0 atom stereocenters. The smallest absolute Gasteiger partial charge is 0.323 e. The van der Waals surface area contributed by atoms with Gasteiger partial charge in [-0.25, -0.2) is 0 Å². The maximum atomic E-state index is 12.4. The van der Waals surface area contributed by atoms with Crippen molar-refractivity contribution >= 4 is 17.9 Å². The fourth-order valence-electron chi connectivity index (χ4n) is 2.43. The van der Waals surface area contributed by atoms with E-state index in [1.54, 1.807) is 12.2 Å². The molecule has 0 amide bonds. The molecule has 0 aliphatic rings. The number of hydrogen-bond donors (Lipinski definition) is 0. The van der Waals surface area contributed by atoms with Crippen molar-refractivity contribution in [3.63, 3.8) is 0 Å². The zero-order valence-electron chi connectivity index (χ0n) is 15.0. The Kier molecular flexibility index (Phi) is 7.85. The molecule has 0 fully saturated rings. The van der Waals surface area contributed by atoms with Crippen LogP contribution in [0.5, 0.6) is 0 Å². The largest absolute Gasteiger partial charge is 0.468 e. The first-order chi connectivity index (χ1) is 11.9. The Morgan fingerprint density at radius 1 is 1.00 bits per heavy atom. The minimum Gasteiger partial charge on any atom is -0.468 e. The van der Waals surface area contributed by atoms with Gasteiger partial charge in [-0.05, 0) is 25.3 Å². The highest BCUT2D eigenvalue weighted by molar-refractivity contribution is 6.00. The molecule has 0 saturated heterocycles. The van der Waals surface area contributed by atoms with Gasteiger partial charge in [0, 0.05) is 6.92 Å². The van der Waals surface area contributed by atoms with Crippen LogP contribution in [0.2, 0.25) is 0 Å². The third-order valence-corrected chi connectivity index (χ3v) is 3.79. The number of carbonyl (C=O) groups is 3. The molecule has 1 aromatic carbocycles. The van der Waals surface area contributed by atoms with E-state index < -0.39 is 23.3 Å². The first-order valence-corrected chi connectivity index (χ1v) is 7.86. The summed E-state index contributed by atoms with van der Waals surface area (Å²) in [6.07, 6.45) is 3.41. The lowest BCUT2D eigenvalue weighted by Crippen LogP contribution is -2.43. The van der Waals surface area contributed by atoms with Gasteiger partial charge in [-0.15, -0.1) is 0 Å². The van der Waals surface area contributed by atoms with Gasteiger partial charge >= 0.3 is 17.9 Å². The van der Waals surface area contributed by atoms with Crippen molar-refractivity contribution in [1.82, 2.24) is 0 Å². The highest BCUT2D eigenvalue weighted by Gasteiger charge is 2.47. The Morgan fingerprint density at radius 3 is 2.04 bits per heavy atom. The molecule has 0 spiro atoms. The monoisotopic (exact) mass is 348 g/mol. The molecule has 0 radical (unpaired) electrons. The first kappa shape index (κ1) is 20.4. The molecule has 0 aliphatic heterocycles. The molecular weight excluding hydrogens is 324 g/mol. The molecule has 6 heteroatoms. The molecule has 0 bridgehead atoms. The van der Waals surface area contributed by atoms with Crippen LogP contribution in [-0.2, 0) is 35.0 Å². The topological polar surface area (TPSA) is 78.9 Å². The van der Waals surface area contributed by atoms with Crippen molar-refractivity contribution in [2.45, 2.75) is 26.7 Å². The van der Waals surface area contributed by atoms with E-state index in [2.05, 4.69) is 0 Å². The number of benzene rings is 1. The number of esters is 3. The SMILES string of the molecule is COC(=O)C(C/C=C\COC(C)=O)(Cc1ccc(C)cc1)C(=O)OC. The Labute approximate surface area is 147 Å². The van der Waals surface area contributed by atoms with Crippen LogP contribution in [0.3, 0.4) is 0 Å². The zero-order chi connectivity index (χ0) is 18.9. The Morgan fingerprint density at radius 2 is 1.56 bits per heavy atom. The van der Waals surface area contributed by atoms with Crippen molar-refractivity contribution in [2.75, 3.05) is 20.8 Å². The summed E-state index contributed by atoms with van der Waals surface area (Å²) in [5, 5.41) is 0. The van der Waals surface area contributed by atoms with E-state index in [0.29, 0.717) is 0 Å². The summed E-state index contributed by atoms with van der Waals surface area (Å²) in [4.78, 5) is 35.6. The van der Waals surface area contributed by atoms with Crippen LogP contribution in [0.25, 0.3) is 0 Å². The number of methoxy groups -OCH3 is 2. The van der Waals surface area contributed by atoms with E-state index in [0.717, 1.165) is 11.1 Å². The third kappa shape index (κ3) is 5.74. The van der Waals surface area contributed by atoms with Crippen molar-refractivity contribution in [3.8, 4) is 0 Å². The van der Waals surface area contributed by atoms with Gasteiger partial charge in [-0.1, -0.05) is 42.0 Å². The number of rotatable bonds is 8. The number of allylic oxidation sites excluding steroid dienone is 1. The van der Waals surface area contributed by atoms with Crippen LogP contribution >= 0.6 is 0 Å². The number of aryl methyl sites for hydroxylation is 1. The zero-order valence-corrected chi connectivity index (χ0v) is 15.0. The maximum Gasteiger partial charge on any atom is 0.323 e. The highest BCUT2D eigenvalue weighted by Crippen LogP contribution is 2.31. The fourth-order valence-corrected chi connectivity index (χ4v) is 2.43. The normalized spacial score (nSPS) is 11.2. The summed E-state index contributed by atoms with van der Waals surface area (Å²) < 4.78 is 14.5. The van der Waals surface area contributed by atoms with Crippen LogP contribution in [0, 0.1) is 12.3 Å². The average Bonchev–Trinajstić information content (AvgIpc) is 2.60. The molecule has 136 valence electrons. The van der Waals surface area contributed by atoms with Gasteiger partial charge < -0.3 is 14.2 Å². The molecule has 0 saturated carbocycles. The van der Waals surface area contributed by atoms with E-state index in [1.807, 2.05) is 31.2 Å². The number of carbonyl (C=O) groups excluding carboxylic acids is 3. The maximum absolute atomic E-state index is 12.4. The Bertz CT molecular complexity index is 614. The van der Waals surface area contributed by atoms with E-state index in [4.69, 9.17) is 14.2 Å². The number of ether oxygens (including phenoxy) is 3. The molecule has 1 rings (SSSR count). The summed E-state index contributed by atoms with van der Waals surface area (Å²) in [5.74, 6) is -1.74. The standard InChI is InChI=1S/C19H24O6/c1-14-7-9-16(10-8-14)13-19(17(21)23-3,18(22)24-4)11-5-6-12-25-15(2)20/h5-10H,11-13H2,1-4H3/b6-5-. The van der Waals surface area contributed by atoms with Crippen LogP contribution < -0.4 is 0 Å². The Balaban J connectivity index is 3.09. The quantitative estimate of drug-likeness (QED) is 0.311. The van der Waals surface area contributed by atoms with E-state index in [-0.39, 0.29) is 19.4 Å². The van der Waals surface area contributed by atoms with Crippen LogP contribution in [-0.4, -0.2) is 38.7 Å². The van der Waals surface area contributed by atoms with E-state index >= 15 is 0 Å². The van der Waals surface area contributed by atoms with E-state index in [9.17, 15) is 14.4 Å². The second-order valence-corrected chi connectivity index (χ2v) is 5.71. The lowest BCUT2D eigenvalue weighted by atomic mass is 9.78. The molecule has 0 aliphatic carbocycles. The highest BCUT2D eigenvalue weighted by atomic mass is 16.5. The summed E-state index contributed by atoms with van der Waals surface area (Å²) >= 11 is 0. The molecule has 25 heavy (non-hydrogen) atoms. The predicted octanol–water partition coefficient (Wildman–Crippen LogP) is 2.38. The minimum absolute atomic E-state index is 0.0677. The lowest BCUT2D eigenvalue weighted by molar-refractivity contribution is -0.169. The molecule has 1 aromatic rings. The third-order valence-electron chi connectivity index (χ3n) is 3.79. The molecular formula is C19H24O6. The molecule has 6 nitrogen and oxygen atoms in total. The van der Waals surface area contributed by atoms with Crippen molar-refractivity contribution in [3.05, 3.63) is 47.5 Å². The molecule has 0 unspecified atom stereocenters. The second-order valence-electron chi connectivity index (χ2n) is 5.71. The lowest BCUT2D eigenvalue weighted by Gasteiger charge is -2.27. The minimum atomic E-state index is -1.49. The van der Waals surface area contributed by atoms with Gasteiger partial charge in [0.1, 0.15) is 6.61 Å².